The Bertz CT molecular complexity index is 993. The molecule has 4 fully saturated rings. The molecule has 0 spiro atoms. The lowest BCUT2D eigenvalue weighted by Crippen LogP contribution is -2.69. The van der Waals surface area contributed by atoms with Gasteiger partial charge in [0.25, 0.3) is 0 Å². The van der Waals surface area contributed by atoms with Gasteiger partial charge in [0.15, 0.2) is 0 Å². The van der Waals surface area contributed by atoms with Crippen molar-refractivity contribution in [1.82, 2.24) is 31.3 Å². The molecule has 1 aromatic carbocycles. The Kier molecular flexibility index (Phi) is 7.61. The highest BCUT2D eigenvalue weighted by Gasteiger charge is 2.52. The van der Waals surface area contributed by atoms with E-state index in [1.54, 1.807) is 0 Å². The standard InChI is InChI=1S/C28H44N8O2/c1-28(38)13-3-2-4-17-35-26(37)22-19-30-27(33-25(22)36(35)24-8-5-7-23(28)32-24)31-20-9-11-21(12-10-20)34-16-6-14-29-15-18-34/h2,4,9-12,22-25,27,29-33,38H,3,5-8,13-19H2,1H3/b4-2-. The molecule has 10 heteroatoms. The lowest BCUT2D eigenvalue weighted by molar-refractivity contribution is -0.146. The van der Waals surface area contributed by atoms with E-state index in [2.05, 4.69) is 72.9 Å². The fourth-order valence-electron chi connectivity index (χ4n) is 6.77. The zero-order valence-corrected chi connectivity index (χ0v) is 22.5. The van der Waals surface area contributed by atoms with E-state index in [0.29, 0.717) is 13.1 Å². The molecule has 5 aliphatic rings. The second-order valence-electron chi connectivity index (χ2n) is 11.7. The molecule has 6 rings (SSSR count). The van der Waals surface area contributed by atoms with Crippen molar-refractivity contribution >= 4 is 17.3 Å². The van der Waals surface area contributed by atoms with E-state index in [1.807, 2.05) is 11.9 Å². The summed E-state index contributed by atoms with van der Waals surface area (Å²) >= 11 is 0. The first-order valence-electron chi connectivity index (χ1n) is 14.5. The molecule has 5 aliphatic heterocycles. The summed E-state index contributed by atoms with van der Waals surface area (Å²) in [5, 5.41) is 33.4. The fourth-order valence-corrected chi connectivity index (χ4v) is 6.77. The molecule has 0 aliphatic carbocycles. The van der Waals surface area contributed by atoms with E-state index < -0.39 is 5.60 Å². The molecule has 2 bridgehead atoms. The molecule has 0 radical (unpaired) electrons. The first kappa shape index (κ1) is 26.0. The van der Waals surface area contributed by atoms with Crippen LogP contribution in [0.25, 0.3) is 0 Å². The summed E-state index contributed by atoms with van der Waals surface area (Å²) in [6.07, 6.45) is 9.52. The van der Waals surface area contributed by atoms with Crippen LogP contribution in [0.1, 0.15) is 45.4 Å². The van der Waals surface area contributed by atoms with Crippen LogP contribution in [0.15, 0.2) is 36.4 Å². The van der Waals surface area contributed by atoms with E-state index in [1.165, 1.54) is 5.69 Å². The van der Waals surface area contributed by atoms with Crippen LogP contribution in [0.4, 0.5) is 11.4 Å². The molecule has 38 heavy (non-hydrogen) atoms. The van der Waals surface area contributed by atoms with Gasteiger partial charge < -0.3 is 20.6 Å². The lowest BCUT2D eigenvalue weighted by Gasteiger charge is -2.47. The van der Waals surface area contributed by atoms with Gasteiger partial charge in [0.1, 0.15) is 6.29 Å². The minimum Gasteiger partial charge on any atom is -0.389 e. The van der Waals surface area contributed by atoms with E-state index in [9.17, 15) is 9.90 Å². The number of hydrogen-bond acceptors (Lipinski definition) is 9. The molecule has 0 saturated carbocycles. The average molecular weight is 525 g/mol. The Labute approximate surface area is 226 Å². The molecule has 1 amide bonds. The third kappa shape index (κ3) is 5.30. The van der Waals surface area contributed by atoms with Crippen molar-refractivity contribution in [2.45, 2.75) is 75.7 Å². The Morgan fingerprint density at radius 1 is 1.05 bits per heavy atom. The number of amides is 1. The van der Waals surface area contributed by atoms with E-state index in [4.69, 9.17) is 0 Å². The summed E-state index contributed by atoms with van der Waals surface area (Å²) in [6, 6.07) is 8.68. The molecule has 6 N–H and O–H groups in total. The molecule has 1 aromatic rings. The summed E-state index contributed by atoms with van der Waals surface area (Å²) in [5.74, 6) is -0.00424. The molecule has 4 saturated heterocycles. The van der Waals surface area contributed by atoms with Gasteiger partial charge in [0, 0.05) is 43.6 Å². The molecular weight excluding hydrogens is 480 g/mol. The Morgan fingerprint density at radius 3 is 2.79 bits per heavy atom. The molecule has 0 aromatic heterocycles. The highest BCUT2D eigenvalue weighted by atomic mass is 16.3. The molecule has 5 heterocycles. The van der Waals surface area contributed by atoms with Crippen molar-refractivity contribution in [3.05, 3.63) is 36.4 Å². The number of piperidine rings is 1. The van der Waals surface area contributed by atoms with Crippen LogP contribution in [0.5, 0.6) is 0 Å². The van der Waals surface area contributed by atoms with Gasteiger partial charge in [-0.25, -0.2) is 0 Å². The van der Waals surface area contributed by atoms with Crippen LogP contribution in [0.2, 0.25) is 0 Å². The highest BCUT2D eigenvalue weighted by molar-refractivity contribution is 5.82. The Hall–Kier alpha value is -2.21. The monoisotopic (exact) mass is 524 g/mol. The number of rotatable bonds is 3. The second kappa shape index (κ2) is 11.1. The number of carbonyl (C=O) groups excluding carboxylic acids is 1. The first-order valence-corrected chi connectivity index (χ1v) is 14.5. The van der Waals surface area contributed by atoms with Crippen LogP contribution in [-0.2, 0) is 4.79 Å². The number of nitrogens with one attached hydrogen (secondary N) is 5. The molecule has 6 unspecified atom stereocenters. The van der Waals surface area contributed by atoms with Gasteiger partial charge in [0.05, 0.1) is 30.4 Å². The quantitative estimate of drug-likeness (QED) is 0.322. The number of anilines is 2. The minimum atomic E-state index is -0.775. The second-order valence-corrected chi connectivity index (χ2v) is 11.7. The van der Waals surface area contributed by atoms with Crippen molar-refractivity contribution in [1.29, 1.82) is 0 Å². The van der Waals surface area contributed by atoms with Gasteiger partial charge in [-0.1, -0.05) is 12.2 Å². The normalized spacial score (nSPS) is 37.5. The number of nitrogens with zero attached hydrogens (tertiary/aromatic N) is 3. The largest absolute Gasteiger partial charge is 0.389 e. The number of hydrazine groups is 1. The summed E-state index contributed by atoms with van der Waals surface area (Å²) < 4.78 is 0. The van der Waals surface area contributed by atoms with Gasteiger partial charge in [-0.3, -0.25) is 25.8 Å². The van der Waals surface area contributed by atoms with Crippen molar-refractivity contribution in [2.75, 3.05) is 49.5 Å². The molecular formula is C28H44N8O2. The number of fused-ring (bicyclic) bond motifs is 6. The number of hydrogen-bond donors (Lipinski definition) is 6. The summed E-state index contributed by atoms with van der Waals surface area (Å²) in [4.78, 5) is 16.0. The smallest absolute Gasteiger partial charge is 0.244 e. The van der Waals surface area contributed by atoms with Crippen molar-refractivity contribution in [3.8, 4) is 0 Å². The third-order valence-electron chi connectivity index (χ3n) is 8.98. The Balaban J connectivity index is 1.17. The zero-order chi connectivity index (χ0) is 26.1. The van der Waals surface area contributed by atoms with Crippen molar-refractivity contribution in [2.24, 2.45) is 5.92 Å². The van der Waals surface area contributed by atoms with E-state index in [0.717, 1.165) is 70.4 Å². The number of carbonyl (C=O) groups is 1. The highest BCUT2D eigenvalue weighted by Crippen LogP contribution is 2.34. The van der Waals surface area contributed by atoms with Crippen LogP contribution in [-0.4, -0.2) is 90.6 Å². The number of benzene rings is 1. The first-order chi connectivity index (χ1) is 18.5. The lowest BCUT2D eigenvalue weighted by atomic mass is 9.85. The van der Waals surface area contributed by atoms with Gasteiger partial charge in [0.2, 0.25) is 5.91 Å². The predicted molar refractivity (Wildman–Crippen MR) is 149 cm³/mol. The van der Waals surface area contributed by atoms with Gasteiger partial charge >= 0.3 is 0 Å². The van der Waals surface area contributed by atoms with Crippen molar-refractivity contribution < 1.29 is 9.90 Å². The fraction of sp³-hybridized carbons (Fsp3) is 0.679. The third-order valence-corrected chi connectivity index (χ3v) is 8.98. The van der Waals surface area contributed by atoms with Gasteiger partial charge in [-0.15, -0.1) is 0 Å². The van der Waals surface area contributed by atoms with Crippen LogP contribution in [0, 0.1) is 5.92 Å². The van der Waals surface area contributed by atoms with E-state index >= 15 is 0 Å². The maximum Gasteiger partial charge on any atom is 0.244 e. The SMILES string of the molecule is CC1(O)CC/C=C\CN2C(=O)C3CNC(Nc4ccc(N5CCCNCC5)cc4)NC3N2C2CCCC1N2. The summed E-state index contributed by atoms with van der Waals surface area (Å²) in [7, 11) is 0. The van der Waals surface area contributed by atoms with Gasteiger partial charge in [-0.2, -0.15) is 5.01 Å². The van der Waals surface area contributed by atoms with Crippen LogP contribution >= 0.6 is 0 Å². The maximum absolute atomic E-state index is 13.6. The average Bonchev–Trinajstić information content (AvgIpc) is 3.08. The van der Waals surface area contributed by atoms with Crippen molar-refractivity contribution in [3.63, 3.8) is 0 Å². The Morgan fingerprint density at radius 2 is 1.92 bits per heavy atom. The van der Waals surface area contributed by atoms with Gasteiger partial charge in [-0.05, 0) is 76.3 Å². The van der Waals surface area contributed by atoms with Crippen LogP contribution < -0.4 is 31.5 Å². The molecule has 10 nitrogen and oxygen atoms in total. The van der Waals surface area contributed by atoms with E-state index in [-0.39, 0.29) is 36.5 Å². The number of allylic oxidation sites excluding steroid dienone is 1. The topological polar surface area (TPSA) is 107 Å². The molecule has 6 atom stereocenters. The minimum absolute atomic E-state index is 0.000627. The molecule has 208 valence electrons. The maximum atomic E-state index is 13.6. The zero-order valence-electron chi connectivity index (χ0n) is 22.5. The van der Waals surface area contributed by atoms with Crippen LogP contribution in [0.3, 0.4) is 0 Å². The number of aliphatic hydroxyl groups is 1. The summed E-state index contributed by atoms with van der Waals surface area (Å²) in [5.41, 5.74) is 1.52. The predicted octanol–water partition coefficient (Wildman–Crippen LogP) is 0.945. The summed E-state index contributed by atoms with van der Waals surface area (Å²) in [6.45, 7) is 7.34.